The molecule has 0 saturated heterocycles. The number of nitrogens with zero attached hydrogens (tertiary/aromatic N) is 1. The summed E-state index contributed by atoms with van der Waals surface area (Å²) in [5.74, 6) is 0. The summed E-state index contributed by atoms with van der Waals surface area (Å²) in [7, 11) is 0. The van der Waals surface area contributed by atoms with Gasteiger partial charge in [-0.15, -0.1) is 11.3 Å². The molecule has 1 unspecified atom stereocenters. The standard InChI is InChI=1S/C11H8Cl3NOS/c12-7-2-1-6(3-8(7)13)4-9(16)11-15-5-10(14)17-11/h1-3,5,9,16H,4H2. The Hall–Kier alpha value is -0.320. The Balaban J connectivity index is 2.12. The first-order valence-corrected chi connectivity index (χ1v) is 6.74. The van der Waals surface area contributed by atoms with Gasteiger partial charge in [-0.25, -0.2) is 4.98 Å². The van der Waals surface area contributed by atoms with E-state index in [-0.39, 0.29) is 0 Å². The van der Waals surface area contributed by atoms with Crippen LogP contribution in [-0.2, 0) is 6.42 Å². The molecule has 6 heteroatoms. The molecule has 0 aliphatic carbocycles. The molecule has 1 N–H and O–H groups in total. The van der Waals surface area contributed by atoms with Gasteiger partial charge in [0.15, 0.2) is 0 Å². The molecule has 1 aromatic heterocycles. The lowest BCUT2D eigenvalue weighted by molar-refractivity contribution is 0.178. The molecule has 2 aromatic rings. The van der Waals surface area contributed by atoms with E-state index in [2.05, 4.69) is 4.98 Å². The Labute approximate surface area is 118 Å². The highest BCUT2D eigenvalue weighted by molar-refractivity contribution is 7.15. The van der Waals surface area contributed by atoms with Crippen LogP contribution in [0.3, 0.4) is 0 Å². The third-order valence-corrected chi connectivity index (χ3v) is 4.15. The molecule has 90 valence electrons. The maximum atomic E-state index is 9.96. The van der Waals surface area contributed by atoms with Crippen LogP contribution in [0.5, 0.6) is 0 Å². The van der Waals surface area contributed by atoms with Crippen molar-refractivity contribution in [3.63, 3.8) is 0 Å². The number of rotatable bonds is 3. The van der Waals surface area contributed by atoms with Gasteiger partial charge in [0.05, 0.1) is 16.2 Å². The van der Waals surface area contributed by atoms with Gasteiger partial charge in [0, 0.05) is 6.42 Å². The molecule has 1 atom stereocenters. The van der Waals surface area contributed by atoms with Gasteiger partial charge >= 0.3 is 0 Å². The fourth-order valence-corrected chi connectivity index (χ4v) is 2.63. The smallest absolute Gasteiger partial charge is 0.123 e. The van der Waals surface area contributed by atoms with Gasteiger partial charge in [-0.3, -0.25) is 0 Å². The van der Waals surface area contributed by atoms with E-state index < -0.39 is 6.10 Å². The van der Waals surface area contributed by atoms with E-state index in [1.165, 1.54) is 17.5 Å². The fraction of sp³-hybridized carbons (Fsp3) is 0.182. The third-order valence-electron chi connectivity index (χ3n) is 2.19. The summed E-state index contributed by atoms with van der Waals surface area (Å²) in [4.78, 5) is 4.03. The van der Waals surface area contributed by atoms with E-state index in [1.54, 1.807) is 12.1 Å². The van der Waals surface area contributed by atoms with Gasteiger partial charge in [-0.05, 0) is 17.7 Å². The Morgan fingerprint density at radius 1 is 1.24 bits per heavy atom. The predicted octanol–water partition coefficient (Wildman–Crippen LogP) is 4.38. The second-order valence-electron chi connectivity index (χ2n) is 3.47. The summed E-state index contributed by atoms with van der Waals surface area (Å²) >= 11 is 18.7. The Morgan fingerprint density at radius 3 is 2.59 bits per heavy atom. The van der Waals surface area contributed by atoms with Crippen molar-refractivity contribution in [3.05, 3.63) is 49.3 Å². The van der Waals surface area contributed by atoms with Crippen LogP contribution in [0.2, 0.25) is 14.4 Å². The van der Waals surface area contributed by atoms with Crippen LogP contribution in [-0.4, -0.2) is 10.1 Å². The zero-order valence-electron chi connectivity index (χ0n) is 8.53. The van der Waals surface area contributed by atoms with Crippen molar-refractivity contribution in [2.24, 2.45) is 0 Å². The van der Waals surface area contributed by atoms with E-state index in [1.807, 2.05) is 6.07 Å². The van der Waals surface area contributed by atoms with E-state index in [9.17, 15) is 5.11 Å². The van der Waals surface area contributed by atoms with Crippen molar-refractivity contribution in [2.45, 2.75) is 12.5 Å². The number of aliphatic hydroxyl groups is 1. The van der Waals surface area contributed by atoms with Gasteiger partial charge in [-0.2, -0.15) is 0 Å². The average molecular weight is 309 g/mol. The lowest BCUT2D eigenvalue weighted by Crippen LogP contribution is -2.01. The van der Waals surface area contributed by atoms with Gasteiger partial charge in [0.1, 0.15) is 15.4 Å². The number of aromatic nitrogens is 1. The van der Waals surface area contributed by atoms with Crippen LogP contribution in [0.15, 0.2) is 24.4 Å². The van der Waals surface area contributed by atoms with E-state index in [0.717, 1.165) is 5.56 Å². The third kappa shape index (κ3) is 3.33. The van der Waals surface area contributed by atoms with Crippen LogP contribution in [0.1, 0.15) is 16.7 Å². The van der Waals surface area contributed by atoms with Crippen molar-refractivity contribution >= 4 is 46.1 Å². The van der Waals surface area contributed by atoms with Gasteiger partial charge in [0.25, 0.3) is 0 Å². The Kier molecular flexibility index (Phi) is 4.28. The van der Waals surface area contributed by atoms with Crippen LogP contribution in [0.4, 0.5) is 0 Å². The number of halogens is 3. The number of thiazole rings is 1. The van der Waals surface area contributed by atoms with E-state index >= 15 is 0 Å². The monoisotopic (exact) mass is 307 g/mol. The lowest BCUT2D eigenvalue weighted by atomic mass is 10.1. The molecule has 0 radical (unpaired) electrons. The van der Waals surface area contributed by atoms with Gasteiger partial charge in [0.2, 0.25) is 0 Å². The Morgan fingerprint density at radius 2 is 2.00 bits per heavy atom. The van der Waals surface area contributed by atoms with Crippen molar-refractivity contribution < 1.29 is 5.11 Å². The van der Waals surface area contributed by atoms with E-state index in [0.29, 0.717) is 25.8 Å². The minimum Gasteiger partial charge on any atom is -0.386 e. The zero-order valence-corrected chi connectivity index (χ0v) is 11.6. The molecule has 0 aliphatic heterocycles. The van der Waals surface area contributed by atoms with Crippen LogP contribution < -0.4 is 0 Å². The normalized spacial score (nSPS) is 12.7. The number of hydrogen-bond acceptors (Lipinski definition) is 3. The highest BCUT2D eigenvalue weighted by Crippen LogP contribution is 2.28. The maximum Gasteiger partial charge on any atom is 0.123 e. The first kappa shape index (κ1) is 13.1. The first-order chi connectivity index (χ1) is 8.06. The SMILES string of the molecule is OC(Cc1ccc(Cl)c(Cl)c1)c1ncc(Cl)s1. The molecule has 1 heterocycles. The summed E-state index contributed by atoms with van der Waals surface area (Å²) in [6.07, 6.45) is 1.28. The lowest BCUT2D eigenvalue weighted by Gasteiger charge is -2.08. The topological polar surface area (TPSA) is 33.1 Å². The molecule has 0 fully saturated rings. The van der Waals surface area contributed by atoms with Gasteiger partial charge < -0.3 is 5.11 Å². The molecule has 2 rings (SSSR count). The molecule has 1 aromatic carbocycles. The highest BCUT2D eigenvalue weighted by Gasteiger charge is 2.13. The molecular weight excluding hydrogens is 301 g/mol. The van der Waals surface area contributed by atoms with Crippen molar-refractivity contribution in [3.8, 4) is 0 Å². The maximum absolute atomic E-state index is 9.96. The van der Waals surface area contributed by atoms with Crippen LogP contribution in [0, 0.1) is 0 Å². The molecule has 0 aliphatic rings. The Bertz CT molecular complexity index is 529. The van der Waals surface area contributed by atoms with Crippen LogP contribution in [0.25, 0.3) is 0 Å². The molecule has 0 saturated carbocycles. The molecule has 2 nitrogen and oxygen atoms in total. The number of aliphatic hydroxyl groups excluding tert-OH is 1. The predicted molar refractivity (Wildman–Crippen MR) is 72.2 cm³/mol. The minimum atomic E-state index is -0.676. The van der Waals surface area contributed by atoms with Crippen molar-refractivity contribution in [2.75, 3.05) is 0 Å². The van der Waals surface area contributed by atoms with Gasteiger partial charge in [-0.1, -0.05) is 40.9 Å². The fourth-order valence-electron chi connectivity index (χ4n) is 1.40. The second kappa shape index (κ2) is 5.55. The van der Waals surface area contributed by atoms with Crippen molar-refractivity contribution in [1.82, 2.24) is 4.98 Å². The molecule has 0 bridgehead atoms. The number of benzene rings is 1. The van der Waals surface area contributed by atoms with E-state index in [4.69, 9.17) is 34.8 Å². The summed E-state index contributed by atoms with van der Waals surface area (Å²) in [6.45, 7) is 0. The molecule has 17 heavy (non-hydrogen) atoms. The average Bonchev–Trinajstić information content (AvgIpc) is 2.70. The summed E-state index contributed by atoms with van der Waals surface area (Å²) in [6, 6.07) is 5.27. The summed E-state index contributed by atoms with van der Waals surface area (Å²) in [5.41, 5.74) is 0.901. The quantitative estimate of drug-likeness (QED) is 0.913. The highest BCUT2D eigenvalue weighted by atomic mass is 35.5. The minimum absolute atomic E-state index is 0.431. The largest absolute Gasteiger partial charge is 0.386 e. The molecular formula is C11H8Cl3NOS. The molecule has 0 amide bonds. The zero-order chi connectivity index (χ0) is 12.4. The summed E-state index contributed by atoms with van der Waals surface area (Å²) in [5, 5.41) is 11.5. The summed E-state index contributed by atoms with van der Waals surface area (Å²) < 4.78 is 0.563. The van der Waals surface area contributed by atoms with Crippen molar-refractivity contribution in [1.29, 1.82) is 0 Å². The molecule has 0 spiro atoms. The van der Waals surface area contributed by atoms with Crippen LogP contribution >= 0.6 is 46.1 Å². The second-order valence-corrected chi connectivity index (χ2v) is 5.98. The first-order valence-electron chi connectivity index (χ1n) is 4.79. The number of hydrogen-bond donors (Lipinski definition) is 1.